The minimum absolute atomic E-state index is 0.00126. The molecule has 0 aromatic heterocycles. The molecule has 0 fully saturated rings. The average molecular weight is 403 g/mol. The molecule has 7 heteroatoms. The van der Waals surface area contributed by atoms with Gasteiger partial charge >= 0.3 is 6.18 Å². The molecule has 19 heavy (non-hydrogen) atoms. The highest BCUT2D eigenvalue weighted by atomic mass is 79.9. The zero-order chi connectivity index (χ0) is 14.6. The van der Waals surface area contributed by atoms with Crippen LogP contribution in [0, 0.1) is 6.92 Å². The van der Waals surface area contributed by atoms with Crippen LogP contribution in [0.3, 0.4) is 0 Å². The summed E-state index contributed by atoms with van der Waals surface area (Å²) in [5.74, 6) is -0.632. The Morgan fingerprint density at radius 3 is 2.53 bits per heavy atom. The number of benzene rings is 1. The van der Waals surface area contributed by atoms with Crippen LogP contribution in [0.5, 0.6) is 0 Å². The predicted octanol–water partition coefficient (Wildman–Crippen LogP) is 4.16. The average Bonchev–Trinajstić information content (AvgIpc) is 2.30. The van der Waals surface area contributed by atoms with E-state index in [-0.39, 0.29) is 17.4 Å². The Morgan fingerprint density at radius 1 is 1.37 bits per heavy atom. The Balaban J connectivity index is 3.02. The third-order valence-corrected chi connectivity index (χ3v) is 3.84. The van der Waals surface area contributed by atoms with Gasteiger partial charge in [-0.3, -0.25) is 4.79 Å². The van der Waals surface area contributed by atoms with Gasteiger partial charge in [0.1, 0.15) is 6.54 Å². The zero-order valence-corrected chi connectivity index (χ0v) is 13.3. The number of carbonyl (C=O) groups excluding carboxylic acids is 1. The minimum Gasteiger partial charge on any atom is -0.329 e. The normalized spacial score (nSPS) is 11.5. The topological polar surface area (TPSA) is 20.3 Å². The molecule has 0 saturated carbocycles. The molecule has 0 atom stereocenters. The standard InChI is InChI=1S/C12H12Br2F3NO/c1-8-3-2-4-9(10(8)14)11(19)18(6-5-13)7-12(15,16)17/h2-4H,5-7H2,1H3. The number of halogens is 5. The Kier molecular flexibility index (Phi) is 5.85. The van der Waals surface area contributed by atoms with E-state index in [0.717, 1.165) is 10.5 Å². The van der Waals surface area contributed by atoms with Crippen molar-refractivity contribution in [1.82, 2.24) is 4.90 Å². The minimum atomic E-state index is -4.41. The van der Waals surface area contributed by atoms with Gasteiger partial charge in [-0.1, -0.05) is 28.1 Å². The third-order valence-electron chi connectivity index (χ3n) is 2.43. The maximum Gasteiger partial charge on any atom is 0.406 e. The molecule has 0 radical (unpaired) electrons. The van der Waals surface area contributed by atoms with Crippen LogP contribution >= 0.6 is 31.9 Å². The maximum atomic E-state index is 12.5. The highest BCUT2D eigenvalue weighted by Crippen LogP contribution is 2.24. The van der Waals surface area contributed by atoms with Crippen molar-refractivity contribution < 1.29 is 18.0 Å². The van der Waals surface area contributed by atoms with Gasteiger partial charge < -0.3 is 4.90 Å². The van der Waals surface area contributed by atoms with E-state index in [1.54, 1.807) is 19.1 Å². The molecule has 0 bridgehead atoms. The Labute approximate surface area is 126 Å². The summed E-state index contributed by atoms with van der Waals surface area (Å²) in [5.41, 5.74) is 1.04. The van der Waals surface area contributed by atoms with Crippen molar-refractivity contribution in [2.45, 2.75) is 13.1 Å². The van der Waals surface area contributed by atoms with Gasteiger partial charge in [-0.15, -0.1) is 0 Å². The summed E-state index contributed by atoms with van der Waals surface area (Å²) >= 11 is 6.30. The SMILES string of the molecule is Cc1cccc(C(=O)N(CCBr)CC(F)(F)F)c1Br. The molecular formula is C12H12Br2F3NO. The van der Waals surface area contributed by atoms with Gasteiger partial charge in [0, 0.05) is 16.3 Å². The lowest BCUT2D eigenvalue weighted by atomic mass is 10.1. The number of alkyl halides is 4. The number of amides is 1. The van der Waals surface area contributed by atoms with E-state index < -0.39 is 18.6 Å². The van der Waals surface area contributed by atoms with Crippen molar-refractivity contribution >= 4 is 37.8 Å². The van der Waals surface area contributed by atoms with E-state index >= 15 is 0 Å². The fourth-order valence-corrected chi connectivity index (χ4v) is 2.42. The van der Waals surface area contributed by atoms with Crippen molar-refractivity contribution in [2.75, 3.05) is 18.4 Å². The first-order valence-corrected chi connectivity index (χ1v) is 7.35. The van der Waals surface area contributed by atoms with Crippen molar-refractivity contribution in [3.63, 3.8) is 0 Å². The van der Waals surface area contributed by atoms with Crippen LogP contribution in [0.4, 0.5) is 13.2 Å². The quantitative estimate of drug-likeness (QED) is 0.692. The number of nitrogens with zero attached hydrogens (tertiary/aromatic N) is 1. The van der Waals surface area contributed by atoms with E-state index in [0.29, 0.717) is 4.47 Å². The van der Waals surface area contributed by atoms with Gasteiger partial charge in [-0.25, -0.2) is 0 Å². The lowest BCUT2D eigenvalue weighted by Gasteiger charge is -2.23. The van der Waals surface area contributed by atoms with Gasteiger partial charge in [-0.2, -0.15) is 13.2 Å². The highest BCUT2D eigenvalue weighted by molar-refractivity contribution is 9.10. The van der Waals surface area contributed by atoms with Crippen LogP contribution < -0.4 is 0 Å². The van der Waals surface area contributed by atoms with Crippen LogP contribution in [0.2, 0.25) is 0 Å². The molecule has 1 aromatic rings. The summed E-state index contributed by atoms with van der Waals surface area (Å²) in [6, 6.07) is 4.93. The van der Waals surface area contributed by atoms with E-state index in [9.17, 15) is 18.0 Å². The summed E-state index contributed by atoms with van der Waals surface area (Å²) in [4.78, 5) is 12.9. The summed E-state index contributed by atoms with van der Waals surface area (Å²) in [6.45, 7) is 0.524. The first kappa shape index (κ1) is 16.5. The van der Waals surface area contributed by atoms with Gasteiger partial charge in [0.05, 0.1) is 5.56 Å². The van der Waals surface area contributed by atoms with Crippen molar-refractivity contribution in [3.05, 3.63) is 33.8 Å². The summed E-state index contributed by atoms with van der Waals surface area (Å²) in [6.07, 6.45) is -4.41. The smallest absolute Gasteiger partial charge is 0.329 e. The lowest BCUT2D eigenvalue weighted by Crippen LogP contribution is -2.40. The molecule has 1 rings (SSSR count). The van der Waals surface area contributed by atoms with Crippen molar-refractivity contribution in [1.29, 1.82) is 0 Å². The molecule has 0 unspecified atom stereocenters. The molecule has 106 valence electrons. The first-order valence-electron chi connectivity index (χ1n) is 5.43. The van der Waals surface area contributed by atoms with Gasteiger partial charge in [0.2, 0.25) is 0 Å². The molecule has 0 heterocycles. The second kappa shape index (κ2) is 6.74. The monoisotopic (exact) mass is 401 g/mol. The Morgan fingerprint density at radius 2 is 2.00 bits per heavy atom. The van der Waals surface area contributed by atoms with Crippen molar-refractivity contribution in [2.24, 2.45) is 0 Å². The van der Waals surface area contributed by atoms with Crippen LogP contribution in [0.1, 0.15) is 15.9 Å². The Hall–Kier alpha value is -0.560. The van der Waals surface area contributed by atoms with Gasteiger partial charge in [-0.05, 0) is 34.5 Å². The maximum absolute atomic E-state index is 12.5. The molecule has 0 spiro atoms. The molecule has 0 N–H and O–H groups in total. The summed E-state index contributed by atoms with van der Waals surface area (Å²) < 4.78 is 37.9. The molecule has 1 aromatic carbocycles. The highest BCUT2D eigenvalue weighted by Gasteiger charge is 2.33. The second-order valence-corrected chi connectivity index (χ2v) is 5.55. The van der Waals surface area contributed by atoms with Crippen molar-refractivity contribution in [3.8, 4) is 0 Å². The number of rotatable bonds is 4. The summed E-state index contributed by atoms with van der Waals surface area (Å²) in [7, 11) is 0. The van der Waals surface area contributed by atoms with Crippen LogP contribution in [-0.4, -0.2) is 35.4 Å². The van der Waals surface area contributed by atoms with Gasteiger partial charge in [0.25, 0.3) is 5.91 Å². The molecule has 1 amide bonds. The van der Waals surface area contributed by atoms with E-state index in [4.69, 9.17) is 0 Å². The molecule has 0 saturated heterocycles. The van der Waals surface area contributed by atoms with Crippen LogP contribution in [0.25, 0.3) is 0 Å². The molecule has 0 aliphatic carbocycles. The third kappa shape index (κ3) is 4.80. The van der Waals surface area contributed by atoms with Crippen LogP contribution in [0.15, 0.2) is 22.7 Å². The molecule has 0 aliphatic rings. The number of hydrogen-bond donors (Lipinski definition) is 0. The van der Waals surface area contributed by atoms with Gasteiger partial charge in [0.15, 0.2) is 0 Å². The first-order chi connectivity index (χ1) is 8.76. The predicted molar refractivity (Wildman–Crippen MR) is 74.6 cm³/mol. The summed E-state index contributed by atoms with van der Waals surface area (Å²) in [5, 5.41) is 0.290. The lowest BCUT2D eigenvalue weighted by molar-refractivity contribution is -0.140. The van der Waals surface area contributed by atoms with Crippen LogP contribution in [-0.2, 0) is 0 Å². The number of carbonyl (C=O) groups is 1. The molecule has 0 aliphatic heterocycles. The molecule has 2 nitrogen and oxygen atoms in total. The Bertz CT molecular complexity index is 463. The zero-order valence-electron chi connectivity index (χ0n) is 10.1. The number of aryl methyl sites for hydroxylation is 1. The fourth-order valence-electron chi connectivity index (χ4n) is 1.55. The fraction of sp³-hybridized carbons (Fsp3) is 0.417. The largest absolute Gasteiger partial charge is 0.406 e. The number of hydrogen-bond acceptors (Lipinski definition) is 1. The van der Waals surface area contributed by atoms with E-state index in [1.165, 1.54) is 6.07 Å². The second-order valence-electron chi connectivity index (χ2n) is 3.97. The molecular weight excluding hydrogens is 391 g/mol. The van der Waals surface area contributed by atoms with E-state index in [1.807, 2.05) is 0 Å². The van der Waals surface area contributed by atoms with E-state index in [2.05, 4.69) is 31.9 Å².